The number of aliphatic carboxylic acids is 1. The van der Waals surface area contributed by atoms with Gasteiger partial charge in [-0.1, -0.05) is 0 Å². The third-order valence-electron chi connectivity index (χ3n) is 1.35. The molecule has 0 aromatic carbocycles. The maximum atomic E-state index is 10.9. The van der Waals surface area contributed by atoms with Crippen LogP contribution in [-0.4, -0.2) is 45.7 Å². The van der Waals surface area contributed by atoms with Gasteiger partial charge in [0, 0.05) is 13.5 Å². The third-order valence-corrected chi connectivity index (χ3v) is 1.35. The highest BCUT2D eigenvalue weighted by Gasteiger charge is 2.21. The lowest BCUT2D eigenvalue weighted by Gasteiger charge is -2.26. The van der Waals surface area contributed by atoms with Gasteiger partial charge in [0.05, 0.1) is 5.60 Å². The van der Waals surface area contributed by atoms with Gasteiger partial charge in [-0.2, -0.15) is 0 Å². The molecule has 0 radical (unpaired) electrons. The third kappa shape index (κ3) is 6.10. The number of rotatable bonds is 4. The van der Waals surface area contributed by atoms with E-state index in [1.54, 1.807) is 0 Å². The van der Waals surface area contributed by atoms with Gasteiger partial charge in [-0.25, -0.2) is 0 Å². The Hall–Kier alpha value is -1.10. The molecule has 0 fully saturated rings. The highest BCUT2D eigenvalue weighted by Crippen LogP contribution is 2.04. The van der Waals surface area contributed by atoms with Crippen molar-refractivity contribution in [3.63, 3.8) is 0 Å². The first kappa shape index (κ1) is 11.9. The normalized spacial score (nSPS) is 11.1. The van der Waals surface area contributed by atoms with Crippen molar-refractivity contribution in [2.24, 2.45) is 0 Å². The fraction of sp³-hybridized carbons (Fsp3) is 0.750. The van der Waals surface area contributed by atoms with E-state index in [1.165, 1.54) is 20.8 Å². The fourth-order valence-electron chi connectivity index (χ4n) is 0.909. The molecule has 0 spiro atoms. The van der Waals surface area contributed by atoms with E-state index in [2.05, 4.69) is 0 Å². The Labute approximate surface area is 77.0 Å². The van der Waals surface area contributed by atoms with Crippen molar-refractivity contribution >= 4 is 11.9 Å². The second-order valence-corrected chi connectivity index (χ2v) is 3.58. The van der Waals surface area contributed by atoms with Gasteiger partial charge in [0.15, 0.2) is 0 Å². The molecule has 13 heavy (non-hydrogen) atoms. The highest BCUT2D eigenvalue weighted by molar-refractivity contribution is 5.79. The Morgan fingerprint density at radius 1 is 1.38 bits per heavy atom. The van der Waals surface area contributed by atoms with Crippen LogP contribution in [0.25, 0.3) is 0 Å². The van der Waals surface area contributed by atoms with E-state index in [4.69, 9.17) is 5.11 Å². The molecule has 5 nitrogen and oxygen atoms in total. The van der Waals surface area contributed by atoms with Crippen LogP contribution in [0.3, 0.4) is 0 Å². The Kier molecular flexibility index (Phi) is 3.87. The van der Waals surface area contributed by atoms with Gasteiger partial charge in [0.25, 0.3) is 0 Å². The number of carboxylic acids is 1. The van der Waals surface area contributed by atoms with Crippen molar-refractivity contribution in [1.29, 1.82) is 0 Å². The van der Waals surface area contributed by atoms with E-state index < -0.39 is 11.6 Å². The predicted octanol–water partition coefficient (Wildman–Crippen LogP) is -0.310. The number of aliphatic hydroxyl groups is 1. The van der Waals surface area contributed by atoms with Crippen molar-refractivity contribution in [3.8, 4) is 0 Å². The first-order valence-electron chi connectivity index (χ1n) is 3.92. The predicted molar refractivity (Wildman–Crippen MR) is 46.2 cm³/mol. The van der Waals surface area contributed by atoms with E-state index in [0.29, 0.717) is 0 Å². The zero-order chi connectivity index (χ0) is 10.6. The molecule has 0 bridgehead atoms. The van der Waals surface area contributed by atoms with Gasteiger partial charge in [0.1, 0.15) is 6.54 Å². The first-order valence-corrected chi connectivity index (χ1v) is 3.92. The molecule has 0 saturated carbocycles. The molecule has 0 aliphatic carbocycles. The SMILES string of the molecule is CC(=O)N(CC(=O)O)CC(C)(C)O. The molecule has 0 rings (SSSR count). The van der Waals surface area contributed by atoms with Crippen LogP contribution in [-0.2, 0) is 9.59 Å². The molecule has 0 saturated heterocycles. The summed E-state index contributed by atoms with van der Waals surface area (Å²) < 4.78 is 0. The summed E-state index contributed by atoms with van der Waals surface area (Å²) in [6.07, 6.45) is 0. The smallest absolute Gasteiger partial charge is 0.323 e. The van der Waals surface area contributed by atoms with Crippen LogP contribution in [0, 0.1) is 0 Å². The topological polar surface area (TPSA) is 77.8 Å². The molecule has 1 amide bonds. The average Bonchev–Trinajstić information content (AvgIpc) is 1.81. The van der Waals surface area contributed by atoms with Crippen molar-refractivity contribution in [2.45, 2.75) is 26.4 Å². The molecule has 0 atom stereocenters. The average molecular weight is 189 g/mol. The van der Waals surface area contributed by atoms with Gasteiger partial charge in [-0.15, -0.1) is 0 Å². The second kappa shape index (κ2) is 4.23. The van der Waals surface area contributed by atoms with Crippen LogP contribution in [0.2, 0.25) is 0 Å². The number of hydrogen-bond acceptors (Lipinski definition) is 3. The van der Waals surface area contributed by atoms with Crippen LogP contribution >= 0.6 is 0 Å². The van der Waals surface area contributed by atoms with E-state index in [1.807, 2.05) is 0 Å². The monoisotopic (exact) mass is 189 g/mol. The lowest BCUT2D eigenvalue weighted by molar-refractivity contribution is -0.145. The Morgan fingerprint density at radius 3 is 2.08 bits per heavy atom. The van der Waals surface area contributed by atoms with Crippen LogP contribution in [0.4, 0.5) is 0 Å². The van der Waals surface area contributed by atoms with Crippen LogP contribution < -0.4 is 0 Å². The molecule has 2 N–H and O–H groups in total. The van der Waals surface area contributed by atoms with Gasteiger partial charge < -0.3 is 15.1 Å². The van der Waals surface area contributed by atoms with Gasteiger partial charge in [-0.3, -0.25) is 9.59 Å². The number of carbonyl (C=O) groups excluding carboxylic acids is 1. The number of carboxylic acid groups (broad SMARTS) is 1. The summed E-state index contributed by atoms with van der Waals surface area (Å²) in [5, 5.41) is 17.8. The molecular weight excluding hydrogens is 174 g/mol. The van der Waals surface area contributed by atoms with Gasteiger partial charge >= 0.3 is 5.97 Å². The van der Waals surface area contributed by atoms with Crippen molar-refractivity contribution in [3.05, 3.63) is 0 Å². The quantitative estimate of drug-likeness (QED) is 0.636. The minimum Gasteiger partial charge on any atom is -0.480 e. The van der Waals surface area contributed by atoms with Crippen LogP contribution in [0.1, 0.15) is 20.8 Å². The van der Waals surface area contributed by atoms with E-state index in [-0.39, 0.29) is 19.0 Å². The Bertz CT molecular complexity index is 207. The summed E-state index contributed by atoms with van der Waals surface area (Å²) in [7, 11) is 0. The first-order chi connectivity index (χ1) is 5.72. The summed E-state index contributed by atoms with van der Waals surface area (Å²) in [6, 6.07) is 0. The minimum atomic E-state index is -1.08. The summed E-state index contributed by atoms with van der Waals surface area (Å²) in [4.78, 5) is 22.3. The van der Waals surface area contributed by atoms with Crippen LogP contribution in [0.15, 0.2) is 0 Å². The highest BCUT2D eigenvalue weighted by atomic mass is 16.4. The molecule has 5 heteroatoms. The van der Waals surface area contributed by atoms with Crippen molar-refractivity contribution in [2.75, 3.05) is 13.1 Å². The van der Waals surface area contributed by atoms with Crippen molar-refractivity contribution < 1.29 is 19.8 Å². The Balaban J connectivity index is 4.27. The zero-order valence-electron chi connectivity index (χ0n) is 8.07. The molecule has 0 aliphatic rings. The second-order valence-electron chi connectivity index (χ2n) is 3.58. The molecule has 0 heterocycles. The van der Waals surface area contributed by atoms with Crippen molar-refractivity contribution in [1.82, 2.24) is 4.90 Å². The van der Waals surface area contributed by atoms with E-state index in [9.17, 15) is 14.7 Å². The lowest BCUT2D eigenvalue weighted by Crippen LogP contribution is -2.43. The van der Waals surface area contributed by atoms with E-state index >= 15 is 0 Å². The zero-order valence-corrected chi connectivity index (χ0v) is 8.07. The fourth-order valence-corrected chi connectivity index (χ4v) is 0.909. The maximum absolute atomic E-state index is 10.9. The number of hydrogen-bond donors (Lipinski definition) is 2. The Morgan fingerprint density at radius 2 is 1.85 bits per heavy atom. The summed E-state index contributed by atoms with van der Waals surface area (Å²) in [6.45, 7) is 3.96. The number of carbonyl (C=O) groups is 2. The van der Waals surface area contributed by atoms with Gasteiger partial charge in [-0.05, 0) is 13.8 Å². The molecule has 76 valence electrons. The molecule has 0 aromatic heterocycles. The summed E-state index contributed by atoms with van der Waals surface area (Å²) in [5.41, 5.74) is -1.07. The number of nitrogens with zero attached hydrogens (tertiary/aromatic N) is 1. The molecular formula is C8H15NO4. The summed E-state index contributed by atoms with van der Waals surface area (Å²) >= 11 is 0. The molecule has 0 aliphatic heterocycles. The molecule has 0 aromatic rings. The standard InChI is InChI=1S/C8H15NO4/c1-6(10)9(4-7(11)12)5-8(2,3)13/h13H,4-5H2,1-3H3,(H,11,12). The van der Waals surface area contributed by atoms with E-state index in [0.717, 1.165) is 4.90 Å². The maximum Gasteiger partial charge on any atom is 0.323 e. The summed E-state index contributed by atoms with van der Waals surface area (Å²) in [5.74, 6) is -1.44. The lowest BCUT2D eigenvalue weighted by atomic mass is 10.1. The number of amides is 1. The van der Waals surface area contributed by atoms with Crippen LogP contribution in [0.5, 0.6) is 0 Å². The molecule has 0 unspecified atom stereocenters. The van der Waals surface area contributed by atoms with Gasteiger partial charge in [0.2, 0.25) is 5.91 Å². The largest absolute Gasteiger partial charge is 0.480 e. The minimum absolute atomic E-state index is 0.0225.